The molecule has 2 aliphatic rings. The van der Waals surface area contributed by atoms with Gasteiger partial charge in [0.1, 0.15) is 37.2 Å². The normalized spacial score (nSPS) is 21.1. The summed E-state index contributed by atoms with van der Waals surface area (Å²) in [5.41, 5.74) is 1.30. The number of aryl methyl sites for hydroxylation is 2. The van der Waals surface area contributed by atoms with Crippen molar-refractivity contribution >= 4 is 11.9 Å². The number of nitrogens with one attached hydrogen (secondary N) is 1. The van der Waals surface area contributed by atoms with Crippen molar-refractivity contribution in [3.8, 4) is 17.2 Å². The third-order valence-electron chi connectivity index (χ3n) is 5.56. The summed E-state index contributed by atoms with van der Waals surface area (Å²) in [6.45, 7) is 6.18. The fraction of sp³-hybridized carbons (Fsp3) is 0.391. The van der Waals surface area contributed by atoms with Crippen LogP contribution >= 0.6 is 0 Å². The van der Waals surface area contributed by atoms with E-state index in [9.17, 15) is 14.7 Å². The molecule has 1 saturated heterocycles. The molecule has 31 heavy (non-hydrogen) atoms. The molecule has 0 radical (unpaired) electrons. The first kappa shape index (κ1) is 21.0. The van der Waals surface area contributed by atoms with E-state index in [1.165, 1.54) is 0 Å². The van der Waals surface area contributed by atoms with Crippen LogP contribution in [-0.2, 0) is 10.3 Å². The van der Waals surface area contributed by atoms with Crippen molar-refractivity contribution in [2.24, 2.45) is 0 Å². The predicted molar refractivity (Wildman–Crippen MR) is 112 cm³/mol. The van der Waals surface area contributed by atoms with Crippen LogP contribution in [0.5, 0.6) is 17.2 Å². The number of carbonyl (C=O) groups excluding carboxylic acids is 2. The van der Waals surface area contributed by atoms with Crippen LogP contribution < -0.4 is 19.5 Å². The highest BCUT2D eigenvalue weighted by atomic mass is 16.6. The molecule has 4 rings (SSSR count). The topological polar surface area (TPSA) is 97.3 Å². The lowest BCUT2D eigenvalue weighted by Crippen LogP contribution is -2.42. The Bertz CT molecular complexity index is 1020. The van der Waals surface area contributed by atoms with Gasteiger partial charge in [0.25, 0.3) is 5.91 Å². The minimum Gasteiger partial charge on any atom is -0.491 e. The number of amides is 3. The molecule has 2 aliphatic heterocycles. The monoisotopic (exact) mass is 426 g/mol. The van der Waals surface area contributed by atoms with Crippen LogP contribution in [0.2, 0.25) is 0 Å². The molecule has 8 nitrogen and oxygen atoms in total. The molecular formula is C23H26N2O6. The lowest BCUT2D eigenvalue weighted by molar-refractivity contribution is -0.132. The number of carbonyl (C=O) groups is 2. The number of ether oxygens (including phenoxy) is 3. The van der Waals surface area contributed by atoms with Gasteiger partial charge in [-0.05, 0) is 55.7 Å². The number of aliphatic hydroxyl groups excluding tert-OH is 1. The van der Waals surface area contributed by atoms with E-state index < -0.39 is 23.6 Å². The molecule has 0 aromatic heterocycles. The molecular weight excluding hydrogens is 400 g/mol. The second kappa shape index (κ2) is 8.11. The van der Waals surface area contributed by atoms with Gasteiger partial charge in [0.2, 0.25) is 0 Å². The molecule has 0 unspecified atom stereocenters. The molecule has 2 aromatic rings. The summed E-state index contributed by atoms with van der Waals surface area (Å²) in [4.78, 5) is 26.7. The van der Waals surface area contributed by atoms with E-state index in [4.69, 9.17) is 14.2 Å². The molecule has 0 bridgehead atoms. The van der Waals surface area contributed by atoms with Gasteiger partial charge in [-0.2, -0.15) is 0 Å². The molecule has 2 atom stereocenters. The lowest BCUT2D eigenvalue weighted by Gasteiger charge is -2.25. The van der Waals surface area contributed by atoms with E-state index in [1.807, 2.05) is 32.0 Å². The third kappa shape index (κ3) is 4.03. The van der Waals surface area contributed by atoms with Gasteiger partial charge in [0.15, 0.2) is 11.5 Å². The van der Waals surface area contributed by atoms with Crippen molar-refractivity contribution in [3.05, 3.63) is 53.1 Å². The standard InChI is InChI=1S/C23H26N2O6/c1-14-4-5-15(2)19(10-14)31-13-17(26)12-25-21(27)23(3,24-22(25)28)16-6-7-18-20(11-16)30-9-8-29-18/h4-7,10-11,17,26H,8-9,12-13H2,1-3H3,(H,24,28)/t17-,23+/m0/s1. The van der Waals surface area contributed by atoms with E-state index >= 15 is 0 Å². The highest BCUT2D eigenvalue weighted by Gasteiger charge is 2.49. The summed E-state index contributed by atoms with van der Waals surface area (Å²) < 4.78 is 16.8. The maximum absolute atomic E-state index is 13.1. The first-order chi connectivity index (χ1) is 14.8. The summed E-state index contributed by atoms with van der Waals surface area (Å²) in [5.74, 6) is 1.36. The maximum Gasteiger partial charge on any atom is 0.325 e. The number of nitrogens with zero attached hydrogens (tertiary/aromatic N) is 1. The van der Waals surface area contributed by atoms with Crippen LogP contribution in [0.25, 0.3) is 0 Å². The highest BCUT2D eigenvalue weighted by Crippen LogP contribution is 2.36. The zero-order valence-corrected chi connectivity index (χ0v) is 17.8. The van der Waals surface area contributed by atoms with Gasteiger partial charge < -0.3 is 24.6 Å². The second-order valence-corrected chi connectivity index (χ2v) is 8.06. The number of hydrogen-bond donors (Lipinski definition) is 2. The molecule has 0 spiro atoms. The Kier molecular flexibility index (Phi) is 5.49. The smallest absolute Gasteiger partial charge is 0.325 e. The molecule has 0 saturated carbocycles. The van der Waals surface area contributed by atoms with Crippen molar-refractivity contribution in [1.29, 1.82) is 0 Å². The highest BCUT2D eigenvalue weighted by molar-refractivity contribution is 6.07. The molecule has 164 valence electrons. The van der Waals surface area contributed by atoms with Gasteiger partial charge >= 0.3 is 6.03 Å². The Morgan fingerprint density at radius 3 is 2.65 bits per heavy atom. The Hall–Kier alpha value is -3.26. The molecule has 0 aliphatic carbocycles. The number of rotatable bonds is 6. The summed E-state index contributed by atoms with van der Waals surface area (Å²) in [6.07, 6.45) is -1.03. The van der Waals surface area contributed by atoms with Crippen molar-refractivity contribution in [2.75, 3.05) is 26.4 Å². The molecule has 2 heterocycles. The predicted octanol–water partition coefficient (Wildman–Crippen LogP) is 2.28. The maximum atomic E-state index is 13.1. The quantitative estimate of drug-likeness (QED) is 0.688. The first-order valence-electron chi connectivity index (χ1n) is 10.2. The van der Waals surface area contributed by atoms with E-state index in [0.717, 1.165) is 16.0 Å². The van der Waals surface area contributed by atoms with Crippen LogP contribution in [0.1, 0.15) is 23.6 Å². The Morgan fingerprint density at radius 2 is 1.87 bits per heavy atom. The zero-order chi connectivity index (χ0) is 22.2. The average Bonchev–Trinajstić information content (AvgIpc) is 2.98. The van der Waals surface area contributed by atoms with Crippen LogP contribution in [-0.4, -0.2) is 54.4 Å². The third-order valence-corrected chi connectivity index (χ3v) is 5.56. The SMILES string of the molecule is Cc1ccc(C)c(OC[C@@H](O)CN2C(=O)N[C@](C)(c3ccc4c(c3)OCCO4)C2=O)c1. The fourth-order valence-corrected chi connectivity index (χ4v) is 3.73. The number of benzene rings is 2. The van der Waals surface area contributed by atoms with E-state index in [0.29, 0.717) is 36.0 Å². The van der Waals surface area contributed by atoms with Crippen LogP contribution in [0, 0.1) is 13.8 Å². The van der Waals surface area contributed by atoms with Crippen LogP contribution in [0.3, 0.4) is 0 Å². The molecule has 1 fully saturated rings. The lowest BCUT2D eigenvalue weighted by atomic mass is 9.91. The number of fused-ring (bicyclic) bond motifs is 1. The van der Waals surface area contributed by atoms with E-state index in [-0.39, 0.29) is 13.2 Å². The van der Waals surface area contributed by atoms with Gasteiger partial charge in [0, 0.05) is 0 Å². The van der Waals surface area contributed by atoms with Gasteiger partial charge in [-0.3, -0.25) is 9.69 Å². The zero-order valence-electron chi connectivity index (χ0n) is 17.8. The first-order valence-corrected chi connectivity index (χ1v) is 10.2. The number of β-amino-alcohol motifs (C(OH)–C–C–N with tert-alkyl or cyclic N) is 1. The number of aliphatic hydroxyl groups is 1. The fourth-order valence-electron chi connectivity index (χ4n) is 3.73. The minimum absolute atomic E-state index is 0.0396. The Balaban J connectivity index is 1.44. The van der Waals surface area contributed by atoms with Gasteiger partial charge in [-0.1, -0.05) is 18.2 Å². The Morgan fingerprint density at radius 1 is 1.13 bits per heavy atom. The minimum atomic E-state index is -1.26. The van der Waals surface area contributed by atoms with Gasteiger partial charge in [0.05, 0.1) is 6.54 Å². The summed E-state index contributed by atoms with van der Waals surface area (Å²) >= 11 is 0. The van der Waals surface area contributed by atoms with E-state index in [1.54, 1.807) is 25.1 Å². The molecule has 2 N–H and O–H groups in total. The summed E-state index contributed by atoms with van der Waals surface area (Å²) in [5, 5.41) is 13.2. The number of urea groups is 1. The van der Waals surface area contributed by atoms with Crippen molar-refractivity contribution in [3.63, 3.8) is 0 Å². The largest absolute Gasteiger partial charge is 0.491 e. The van der Waals surface area contributed by atoms with E-state index in [2.05, 4.69) is 5.32 Å². The second-order valence-electron chi connectivity index (χ2n) is 8.06. The van der Waals surface area contributed by atoms with Crippen molar-refractivity contribution < 1.29 is 28.9 Å². The molecule has 8 heteroatoms. The van der Waals surface area contributed by atoms with Crippen molar-refractivity contribution in [1.82, 2.24) is 10.2 Å². The molecule has 2 aromatic carbocycles. The summed E-state index contributed by atoms with van der Waals surface area (Å²) in [6, 6.07) is 10.4. The van der Waals surface area contributed by atoms with Gasteiger partial charge in [-0.25, -0.2) is 4.79 Å². The van der Waals surface area contributed by atoms with Crippen molar-refractivity contribution in [2.45, 2.75) is 32.4 Å². The number of hydrogen-bond acceptors (Lipinski definition) is 6. The molecule has 3 amide bonds. The van der Waals surface area contributed by atoms with Gasteiger partial charge in [-0.15, -0.1) is 0 Å². The van der Waals surface area contributed by atoms with Crippen LogP contribution in [0.15, 0.2) is 36.4 Å². The number of imide groups is 1. The van der Waals surface area contributed by atoms with Crippen LogP contribution in [0.4, 0.5) is 4.79 Å². The summed E-state index contributed by atoms with van der Waals surface area (Å²) in [7, 11) is 0. The average molecular weight is 426 g/mol. The Labute approximate surface area is 180 Å².